The van der Waals surface area contributed by atoms with Gasteiger partial charge in [-0.15, -0.1) is 0 Å². The molecule has 0 aromatic heterocycles. The zero-order chi connectivity index (χ0) is 10.6. The number of likely N-dealkylation sites (tertiary alicyclic amines) is 1. The summed E-state index contributed by atoms with van der Waals surface area (Å²) < 4.78 is 5.35. The lowest BCUT2D eigenvalue weighted by Crippen LogP contribution is -2.38. The van der Waals surface area contributed by atoms with Crippen molar-refractivity contribution in [2.45, 2.75) is 45.3 Å². The molecule has 0 radical (unpaired) electrons. The fraction of sp³-hybridized carbons (Fsp3) is 0.909. The fourth-order valence-electron chi connectivity index (χ4n) is 1.97. The van der Waals surface area contributed by atoms with Crippen LogP contribution in [0.1, 0.15) is 33.1 Å². The molecule has 3 heteroatoms. The van der Waals surface area contributed by atoms with Gasteiger partial charge in [0.15, 0.2) is 0 Å². The van der Waals surface area contributed by atoms with Gasteiger partial charge in [-0.1, -0.05) is 0 Å². The third kappa shape index (κ3) is 3.07. The van der Waals surface area contributed by atoms with Gasteiger partial charge in [0.1, 0.15) is 5.78 Å². The Morgan fingerprint density at radius 2 is 2.14 bits per heavy atom. The summed E-state index contributed by atoms with van der Waals surface area (Å²) in [5.74, 6) is 0.265. The van der Waals surface area contributed by atoms with E-state index < -0.39 is 0 Å². The maximum atomic E-state index is 11.2. The predicted octanol–water partition coefficient (Wildman–Crippen LogP) is 1.46. The fourth-order valence-corrected chi connectivity index (χ4v) is 1.97. The maximum Gasteiger partial charge on any atom is 0.146 e. The summed E-state index contributed by atoms with van der Waals surface area (Å²) in [6, 6.07) is 0.0746. The number of hydrogen-bond donors (Lipinski definition) is 0. The topological polar surface area (TPSA) is 29.5 Å². The van der Waals surface area contributed by atoms with Gasteiger partial charge in [0, 0.05) is 13.7 Å². The van der Waals surface area contributed by atoms with Crippen LogP contribution < -0.4 is 0 Å². The van der Waals surface area contributed by atoms with E-state index >= 15 is 0 Å². The van der Waals surface area contributed by atoms with Crippen molar-refractivity contribution in [2.75, 3.05) is 20.2 Å². The van der Waals surface area contributed by atoms with Crippen molar-refractivity contribution in [3.63, 3.8) is 0 Å². The summed E-state index contributed by atoms with van der Waals surface area (Å²) in [5.41, 5.74) is 0. The summed E-state index contributed by atoms with van der Waals surface area (Å²) >= 11 is 0. The van der Waals surface area contributed by atoms with Crippen molar-refractivity contribution in [3.8, 4) is 0 Å². The van der Waals surface area contributed by atoms with Crippen LogP contribution in [0.3, 0.4) is 0 Å². The van der Waals surface area contributed by atoms with E-state index in [2.05, 4.69) is 4.90 Å². The zero-order valence-corrected chi connectivity index (χ0v) is 9.45. The molecule has 1 heterocycles. The molecule has 0 aliphatic carbocycles. The molecule has 2 atom stereocenters. The number of nitrogens with zero attached hydrogens (tertiary/aromatic N) is 1. The first kappa shape index (κ1) is 11.7. The first-order chi connectivity index (χ1) is 6.65. The van der Waals surface area contributed by atoms with Crippen molar-refractivity contribution >= 4 is 5.78 Å². The molecule has 1 aliphatic rings. The minimum absolute atomic E-state index is 0.0746. The number of Topliss-reactive ketones (excluding diaryl/α,β-unsaturated/α-hetero) is 1. The molecule has 0 aromatic rings. The Morgan fingerprint density at radius 1 is 1.43 bits per heavy atom. The van der Waals surface area contributed by atoms with Crippen LogP contribution in [-0.4, -0.2) is 43.0 Å². The maximum absolute atomic E-state index is 11.2. The van der Waals surface area contributed by atoms with Gasteiger partial charge in [-0.3, -0.25) is 9.69 Å². The molecule has 0 N–H and O–H groups in total. The highest BCUT2D eigenvalue weighted by Crippen LogP contribution is 2.15. The standard InChI is InChI=1S/C11H21NO2/c1-9(10(2)13)12-7-4-5-11(14-3)6-8-12/h9,11H,4-8H2,1-3H3. The lowest BCUT2D eigenvalue weighted by molar-refractivity contribution is -0.121. The van der Waals surface area contributed by atoms with Crippen molar-refractivity contribution in [3.05, 3.63) is 0 Å². The molecule has 14 heavy (non-hydrogen) atoms. The molecule has 0 bridgehead atoms. The molecule has 0 spiro atoms. The van der Waals surface area contributed by atoms with Crippen molar-refractivity contribution in [1.29, 1.82) is 0 Å². The zero-order valence-electron chi connectivity index (χ0n) is 9.45. The minimum Gasteiger partial charge on any atom is -0.381 e. The van der Waals surface area contributed by atoms with E-state index in [0.717, 1.165) is 32.4 Å². The Labute approximate surface area is 86.4 Å². The van der Waals surface area contributed by atoms with Gasteiger partial charge in [-0.2, -0.15) is 0 Å². The van der Waals surface area contributed by atoms with Gasteiger partial charge >= 0.3 is 0 Å². The van der Waals surface area contributed by atoms with Crippen molar-refractivity contribution in [1.82, 2.24) is 4.90 Å². The van der Waals surface area contributed by atoms with Gasteiger partial charge in [0.2, 0.25) is 0 Å². The summed E-state index contributed by atoms with van der Waals surface area (Å²) in [4.78, 5) is 13.5. The van der Waals surface area contributed by atoms with E-state index in [1.807, 2.05) is 6.92 Å². The molecule has 1 aliphatic heterocycles. The number of carbonyl (C=O) groups is 1. The second kappa shape index (κ2) is 5.47. The molecular formula is C11H21NO2. The van der Waals surface area contributed by atoms with Crippen LogP contribution in [-0.2, 0) is 9.53 Å². The number of carbonyl (C=O) groups excluding carboxylic acids is 1. The van der Waals surface area contributed by atoms with Gasteiger partial charge in [0.05, 0.1) is 12.1 Å². The van der Waals surface area contributed by atoms with Gasteiger partial charge in [-0.25, -0.2) is 0 Å². The van der Waals surface area contributed by atoms with Crippen LogP contribution in [0.4, 0.5) is 0 Å². The van der Waals surface area contributed by atoms with Crippen LogP contribution in [0.2, 0.25) is 0 Å². The second-order valence-electron chi connectivity index (χ2n) is 4.11. The van der Waals surface area contributed by atoms with Crippen LogP contribution in [0.25, 0.3) is 0 Å². The number of methoxy groups -OCH3 is 1. The Kier molecular flexibility index (Phi) is 4.55. The molecule has 0 amide bonds. The highest BCUT2D eigenvalue weighted by atomic mass is 16.5. The predicted molar refractivity (Wildman–Crippen MR) is 56.4 cm³/mol. The Balaban J connectivity index is 2.45. The molecule has 0 saturated carbocycles. The van der Waals surface area contributed by atoms with E-state index in [1.54, 1.807) is 14.0 Å². The van der Waals surface area contributed by atoms with Crippen LogP contribution >= 0.6 is 0 Å². The highest BCUT2D eigenvalue weighted by molar-refractivity contribution is 5.80. The van der Waals surface area contributed by atoms with Gasteiger partial charge in [-0.05, 0) is 39.7 Å². The Bertz CT molecular complexity index is 194. The summed E-state index contributed by atoms with van der Waals surface area (Å²) in [7, 11) is 1.77. The Hall–Kier alpha value is -0.410. The van der Waals surface area contributed by atoms with Gasteiger partial charge in [0.25, 0.3) is 0 Å². The number of ether oxygens (including phenoxy) is 1. The quantitative estimate of drug-likeness (QED) is 0.689. The van der Waals surface area contributed by atoms with E-state index in [4.69, 9.17) is 4.74 Å². The summed E-state index contributed by atoms with van der Waals surface area (Å²) in [6.45, 7) is 5.68. The van der Waals surface area contributed by atoms with E-state index in [9.17, 15) is 4.79 Å². The van der Waals surface area contributed by atoms with Crippen molar-refractivity contribution < 1.29 is 9.53 Å². The lowest BCUT2D eigenvalue weighted by atomic mass is 10.2. The van der Waals surface area contributed by atoms with Crippen LogP contribution in [0.5, 0.6) is 0 Å². The summed E-state index contributed by atoms with van der Waals surface area (Å²) in [5, 5.41) is 0. The molecule has 1 fully saturated rings. The normalized spacial score (nSPS) is 26.9. The molecule has 3 nitrogen and oxygen atoms in total. The molecule has 82 valence electrons. The largest absolute Gasteiger partial charge is 0.381 e. The number of hydrogen-bond acceptors (Lipinski definition) is 3. The average Bonchev–Trinajstić information content (AvgIpc) is 2.41. The molecule has 1 saturated heterocycles. The van der Waals surface area contributed by atoms with Crippen LogP contribution in [0, 0.1) is 0 Å². The number of ketones is 1. The smallest absolute Gasteiger partial charge is 0.146 e. The van der Waals surface area contributed by atoms with Gasteiger partial charge < -0.3 is 4.74 Å². The van der Waals surface area contributed by atoms with E-state index in [-0.39, 0.29) is 11.8 Å². The monoisotopic (exact) mass is 199 g/mol. The summed E-state index contributed by atoms with van der Waals surface area (Å²) in [6.07, 6.45) is 3.70. The molecular weight excluding hydrogens is 178 g/mol. The molecule has 0 aromatic carbocycles. The minimum atomic E-state index is 0.0746. The first-order valence-corrected chi connectivity index (χ1v) is 5.42. The van der Waals surface area contributed by atoms with E-state index in [1.165, 1.54) is 0 Å². The van der Waals surface area contributed by atoms with Crippen molar-refractivity contribution in [2.24, 2.45) is 0 Å². The average molecular weight is 199 g/mol. The van der Waals surface area contributed by atoms with E-state index in [0.29, 0.717) is 6.10 Å². The SMILES string of the molecule is COC1CCCN(C(C)C(C)=O)CC1. The lowest BCUT2D eigenvalue weighted by Gasteiger charge is -2.25. The third-order valence-corrected chi connectivity index (χ3v) is 3.18. The third-order valence-electron chi connectivity index (χ3n) is 3.18. The first-order valence-electron chi connectivity index (χ1n) is 5.42. The second-order valence-corrected chi connectivity index (χ2v) is 4.11. The Morgan fingerprint density at radius 3 is 2.71 bits per heavy atom. The number of rotatable bonds is 3. The highest BCUT2D eigenvalue weighted by Gasteiger charge is 2.22. The molecule has 2 unspecified atom stereocenters. The molecule has 1 rings (SSSR count). The van der Waals surface area contributed by atoms with Crippen LogP contribution in [0.15, 0.2) is 0 Å².